The molecular weight excluding hydrogens is 537 g/mol. The quantitative estimate of drug-likeness (QED) is 0.441. The third kappa shape index (κ3) is 5.90. The molecule has 9 heteroatoms. The topological polar surface area (TPSA) is 84.6 Å². The molecule has 7 nitrogen and oxygen atoms in total. The number of nitrogens with two attached hydrogens (primary N) is 1. The molecule has 3 aromatic rings. The molecule has 0 atom stereocenters. The Labute approximate surface area is 205 Å². The van der Waals surface area contributed by atoms with Crippen molar-refractivity contribution in [1.82, 2.24) is 14.9 Å². The van der Waals surface area contributed by atoms with Crippen LogP contribution in [0.1, 0.15) is 15.9 Å². The van der Waals surface area contributed by atoms with Crippen LogP contribution in [0, 0.1) is 3.57 Å². The number of primary amides is 1. The molecule has 32 heavy (non-hydrogen) atoms. The summed E-state index contributed by atoms with van der Waals surface area (Å²) in [4.78, 5) is 27.0. The number of anilines is 1. The number of hydrogen-bond acceptors (Lipinski definition) is 7. The van der Waals surface area contributed by atoms with Gasteiger partial charge in [0.25, 0.3) is 0 Å². The summed E-state index contributed by atoms with van der Waals surface area (Å²) in [6.07, 6.45) is 1.82. The Morgan fingerprint density at radius 3 is 2.59 bits per heavy atom. The van der Waals surface area contributed by atoms with E-state index in [0.29, 0.717) is 24.0 Å². The van der Waals surface area contributed by atoms with Gasteiger partial charge in [-0.3, -0.25) is 4.79 Å². The molecule has 0 aliphatic carbocycles. The van der Waals surface area contributed by atoms with E-state index in [4.69, 9.17) is 15.5 Å². The van der Waals surface area contributed by atoms with Crippen molar-refractivity contribution < 1.29 is 9.53 Å². The monoisotopic (exact) mass is 561 g/mol. The average Bonchev–Trinajstić information content (AvgIpc) is 2.79. The number of carbonyl (C=O) groups is 1. The molecule has 0 spiro atoms. The number of likely N-dealkylation sites (N-methyl/N-ethyl adjacent to an activating group) is 1. The predicted octanol–water partition coefficient (Wildman–Crippen LogP) is 3.66. The van der Waals surface area contributed by atoms with Gasteiger partial charge < -0.3 is 20.3 Å². The Balaban J connectivity index is 1.57. The number of ether oxygens (including phenoxy) is 1. The molecule has 0 unspecified atom stereocenters. The molecule has 1 saturated heterocycles. The van der Waals surface area contributed by atoms with Crippen LogP contribution in [-0.2, 0) is 6.61 Å². The van der Waals surface area contributed by atoms with Crippen LogP contribution < -0.4 is 15.4 Å². The molecule has 0 bridgehead atoms. The second kappa shape index (κ2) is 10.5. The number of aromatic nitrogens is 2. The highest BCUT2D eigenvalue weighted by molar-refractivity contribution is 14.1. The number of hydrogen-bond donors (Lipinski definition) is 1. The summed E-state index contributed by atoms with van der Waals surface area (Å²) in [7, 11) is 2.12. The van der Waals surface area contributed by atoms with E-state index in [0.717, 1.165) is 45.1 Å². The number of rotatable bonds is 7. The first-order chi connectivity index (χ1) is 15.5. The Morgan fingerprint density at radius 1 is 1.16 bits per heavy atom. The second-order valence-electron chi connectivity index (χ2n) is 7.54. The van der Waals surface area contributed by atoms with Gasteiger partial charge in [0.1, 0.15) is 6.61 Å². The Bertz CT molecular complexity index is 1090. The highest BCUT2D eigenvalue weighted by Crippen LogP contribution is 2.35. The zero-order valence-corrected chi connectivity index (χ0v) is 20.7. The predicted molar refractivity (Wildman–Crippen MR) is 134 cm³/mol. The number of nitrogens with zero attached hydrogens (tertiary/aromatic N) is 4. The first kappa shape index (κ1) is 22.8. The molecular formula is C23H24IN5O2S. The summed E-state index contributed by atoms with van der Waals surface area (Å²) in [5.41, 5.74) is 6.91. The number of benzene rings is 2. The number of piperazine rings is 1. The third-order valence-corrected chi connectivity index (χ3v) is 6.81. The Kier molecular flexibility index (Phi) is 7.48. The molecule has 1 aromatic heterocycles. The molecule has 2 heterocycles. The maximum Gasteiger partial charge on any atom is 0.248 e. The van der Waals surface area contributed by atoms with Gasteiger partial charge in [-0.25, -0.2) is 4.98 Å². The fourth-order valence-corrected chi connectivity index (χ4v) is 4.70. The molecule has 166 valence electrons. The minimum Gasteiger partial charge on any atom is -0.472 e. The Morgan fingerprint density at radius 2 is 1.91 bits per heavy atom. The lowest BCUT2D eigenvalue weighted by atomic mass is 10.2. The zero-order chi connectivity index (χ0) is 22.5. The van der Waals surface area contributed by atoms with Gasteiger partial charge in [-0.1, -0.05) is 23.9 Å². The lowest BCUT2D eigenvalue weighted by Crippen LogP contribution is -2.45. The van der Waals surface area contributed by atoms with Crippen LogP contribution in [0.15, 0.2) is 64.5 Å². The molecule has 1 amide bonds. The van der Waals surface area contributed by atoms with E-state index in [1.807, 2.05) is 30.5 Å². The fourth-order valence-electron chi connectivity index (χ4n) is 3.27. The summed E-state index contributed by atoms with van der Waals surface area (Å²) in [6.45, 7) is 4.14. The first-order valence-corrected chi connectivity index (χ1v) is 12.1. The SMILES string of the molecule is CN1CCN(c2ncc(Sc3ccc(C(N)=O)cc3)c(OCc3cccc(I)c3)n2)CC1. The van der Waals surface area contributed by atoms with Crippen molar-refractivity contribution in [2.45, 2.75) is 16.4 Å². The molecule has 0 radical (unpaired) electrons. The van der Waals surface area contributed by atoms with Crippen LogP contribution in [0.5, 0.6) is 5.88 Å². The Hall–Kier alpha value is -2.37. The standard InChI is InChI=1S/C23H24IN5O2S/c1-28-9-11-29(12-10-28)23-26-14-20(32-19-7-5-17(6-8-19)21(25)30)22(27-23)31-15-16-3-2-4-18(24)13-16/h2-8,13-14H,9-12,15H2,1H3,(H2,25,30). The maximum absolute atomic E-state index is 11.3. The van der Waals surface area contributed by atoms with Crippen molar-refractivity contribution in [3.05, 3.63) is 69.4 Å². The summed E-state index contributed by atoms with van der Waals surface area (Å²) in [5, 5.41) is 0. The van der Waals surface area contributed by atoms with Crippen LogP contribution in [0.4, 0.5) is 5.95 Å². The van der Waals surface area contributed by atoms with Crippen molar-refractivity contribution in [3.8, 4) is 5.88 Å². The molecule has 1 fully saturated rings. The van der Waals surface area contributed by atoms with Crippen molar-refractivity contribution in [3.63, 3.8) is 0 Å². The first-order valence-electron chi connectivity index (χ1n) is 10.2. The minimum atomic E-state index is -0.442. The van der Waals surface area contributed by atoms with E-state index >= 15 is 0 Å². The molecule has 2 N–H and O–H groups in total. The van der Waals surface area contributed by atoms with Gasteiger partial charge >= 0.3 is 0 Å². The van der Waals surface area contributed by atoms with Crippen LogP contribution in [0.2, 0.25) is 0 Å². The van der Waals surface area contributed by atoms with Crippen molar-refractivity contribution in [1.29, 1.82) is 0 Å². The fraction of sp³-hybridized carbons (Fsp3) is 0.261. The molecule has 4 rings (SSSR count). The van der Waals surface area contributed by atoms with Gasteiger partial charge in [0.2, 0.25) is 17.7 Å². The van der Waals surface area contributed by atoms with Crippen LogP contribution in [0.3, 0.4) is 0 Å². The van der Waals surface area contributed by atoms with Crippen LogP contribution >= 0.6 is 34.4 Å². The smallest absolute Gasteiger partial charge is 0.248 e. The average molecular weight is 561 g/mol. The third-order valence-electron chi connectivity index (χ3n) is 5.13. The van der Waals surface area contributed by atoms with E-state index in [2.05, 4.69) is 56.6 Å². The van der Waals surface area contributed by atoms with E-state index in [1.54, 1.807) is 12.1 Å². The normalized spacial score (nSPS) is 14.4. The van der Waals surface area contributed by atoms with E-state index in [9.17, 15) is 4.79 Å². The lowest BCUT2D eigenvalue weighted by Gasteiger charge is -2.32. The van der Waals surface area contributed by atoms with Crippen molar-refractivity contribution in [2.24, 2.45) is 5.73 Å². The maximum atomic E-state index is 11.3. The minimum absolute atomic E-state index is 0.421. The van der Waals surface area contributed by atoms with Gasteiger partial charge in [-0.05, 0) is 71.6 Å². The number of carbonyl (C=O) groups excluding carboxylic acids is 1. The van der Waals surface area contributed by atoms with Gasteiger partial charge in [0, 0.05) is 40.2 Å². The van der Waals surface area contributed by atoms with Crippen molar-refractivity contribution in [2.75, 3.05) is 38.1 Å². The zero-order valence-electron chi connectivity index (χ0n) is 17.7. The van der Waals surface area contributed by atoms with Crippen LogP contribution in [-0.4, -0.2) is 54.0 Å². The van der Waals surface area contributed by atoms with Crippen LogP contribution in [0.25, 0.3) is 0 Å². The molecule has 1 aliphatic rings. The molecule has 1 aliphatic heterocycles. The summed E-state index contributed by atoms with van der Waals surface area (Å²) in [6, 6.07) is 15.4. The highest BCUT2D eigenvalue weighted by Gasteiger charge is 2.19. The second-order valence-corrected chi connectivity index (χ2v) is 9.90. The van der Waals surface area contributed by atoms with E-state index < -0.39 is 5.91 Å². The molecule has 2 aromatic carbocycles. The molecule has 0 saturated carbocycles. The largest absolute Gasteiger partial charge is 0.472 e. The lowest BCUT2D eigenvalue weighted by molar-refractivity contribution is 0.1000. The van der Waals surface area contributed by atoms with Crippen molar-refractivity contribution >= 4 is 46.2 Å². The highest BCUT2D eigenvalue weighted by atomic mass is 127. The van der Waals surface area contributed by atoms with E-state index in [1.165, 1.54) is 11.8 Å². The summed E-state index contributed by atoms with van der Waals surface area (Å²) < 4.78 is 7.34. The van der Waals surface area contributed by atoms with Gasteiger partial charge in [-0.15, -0.1) is 0 Å². The number of amides is 1. The van der Waals surface area contributed by atoms with Gasteiger partial charge in [0.15, 0.2) is 0 Å². The van der Waals surface area contributed by atoms with Gasteiger partial charge in [0.05, 0.1) is 11.1 Å². The summed E-state index contributed by atoms with van der Waals surface area (Å²) >= 11 is 3.79. The van der Waals surface area contributed by atoms with Gasteiger partial charge in [-0.2, -0.15) is 4.98 Å². The number of halogens is 1. The van der Waals surface area contributed by atoms with E-state index in [-0.39, 0.29) is 0 Å². The summed E-state index contributed by atoms with van der Waals surface area (Å²) in [5.74, 6) is 0.795.